The number of pyridine rings is 1. The molecule has 2 aliphatic rings. The summed E-state index contributed by atoms with van der Waals surface area (Å²) in [6.45, 7) is 4.50. The van der Waals surface area contributed by atoms with Crippen molar-refractivity contribution in [1.82, 2.24) is 19.2 Å². The molecule has 4 rings (SSSR count). The number of hydrogen-bond acceptors (Lipinski definition) is 3. The average Bonchev–Trinajstić information content (AvgIpc) is 3.20. The minimum atomic E-state index is 0.287. The van der Waals surface area contributed by atoms with Crippen molar-refractivity contribution >= 4 is 23.2 Å². The fourth-order valence-electron chi connectivity index (χ4n) is 4.10. The molecule has 2 fully saturated rings. The normalized spacial score (nSPS) is 20.3. The number of amides is 1. The maximum absolute atomic E-state index is 12.6. The molecule has 25 heavy (non-hydrogen) atoms. The highest BCUT2D eigenvalue weighted by Gasteiger charge is 2.28. The summed E-state index contributed by atoms with van der Waals surface area (Å²) in [6, 6.07) is 3.81. The Morgan fingerprint density at radius 1 is 1.08 bits per heavy atom. The molecule has 3 heterocycles. The SMILES string of the molecule is O=C(C1CCCC1)N1CCCN(Cc2cn3cc(Cl)ccc3n2)CC1. The molecule has 0 bridgehead atoms. The lowest BCUT2D eigenvalue weighted by molar-refractivity contribution is -0.135. The van der Waals surface area contributed by atoms with Crippen LogP contribution < -0.4 is 0 Å². The smallest absolute Gasteiger partial charge is 0.225 e. The van der Waals surface area contributed by atoms with Crippen molar-refractivity contribution in [3.05, 3.63) is 35.2 Å². The number of rotatable bonds is 3. The van der Waals surface area contributed by atoms with E-state index in [0.717, 1.165) is 63.3 Å². The Labute approximate surface area is 153 Å². The first-order valence-corrected chi connectivity index (χ1v) is 9.71. The maximum Gasteiger partial charge on any atom is 0.225 e. The van der Waals surface area contributed by atoms with Crippen LogP contribution in [0.4, 0.5) is 0 Å². The summed E-state index contributed by atoms with van der Waals surface area (Å²) in [7, 11) is 0. The Morgan fingerprint density at radius 3 is 2.76 bits per heavy atom. The van der Waals surface area contributed by atoms with Crippen LogP contribution in [0.2, 0.25) is 5.02 Å². The Balaban J connectivity index is 1.37. The van der Waals surface area contributed by atoms with Crippen LogP contribution in [-0.2, 0) is 11.3 Å². The zero-order chi connectivity index (χ0) is 17.2. The van der Waals surface area contributed by atoms with Gasteiger partial charge in [-0.3, -0.25) is 9.69 Å². The lowest BCUT2D eigenvalue weighted by Gasteiger charge is -2.24. The summed E-state index contributed by atoms with van der Waals surface area (Å²) < 4.78 is 1.98. The van der Waals surface area contributed by atoms with E-state index in [1.54, 1.807) is 0 Å². The highest BCUT2D eigenvalue weighted by Crippen LogP contribution is 2.27. The third-order valence-corrected chi connectivity index (χ3v) is 5.68. The van der Waals surface area contributed by atoms with Gasteiger partial charge in [0.25, 0.3) is 0 Å². The molecule has 6 heteroatoms. The second kappa shape index (κ2) is 7.34. The Bertz CT molecular complexity index is 753. The van der Waals surface area contributed by atoms with Crippen LogP contribution in [0, 0.1) is 5.92 Å². The molecule has 0 N–H and O–H groups in total. The minimum absolute atomic E-state index is 0.287. The fraction of sp³-hybridized carbons (Fsp3) is 0.579. The first-order valence-electron chi connectivity index (χ1n) is 9.33. The Kier molecular flexibility index (Phi) is 4.95. The third-order valence-electron chi connectivity index (χ3n) is 5.46. The molecule has 134 valence electrons. The molecular formula is C19H25ClN4O. The van der Waals surface area contributed by atoms with Crippen molar-refractivity contribution in [2.24, 2.45) is 5.92 Å². The summed E-state index contributed by atoms with van der Waals surface area (Å²) in [4.78, 5) is 21.8. The zero-order valence-corrected chi connectivity index (χ0v) is 15.3. The first-order chi connectivity index (χ1) is 12.2. The van der Waals surface area contributed by atoms with E-state index >= 15 is 0 Å². The van der Waals surface area contributed by atoms with Gasteiger partial charge in [0.2, 0.25) is 5.91 Å². The molecule has 2 aromatic heterocycles. The lowest BCUT2D eigenvalue weighted by Crippen LogP contribution is -2.38. The van der Waals surface area contributed by atoms with Crippen molar-refractivity contribution < 1.29 is 4.79 Å². The number of nitrogens with zero attached hydrogens (tertiary/aromatic N) is 4. The van der Waals surface area contributed by atoms with E-state index in [4.69, 9.17) is 11.6 Å². The number of imidazole rings is 1. The van der Waals surface area contributed by atoms with E-state index in [9.17, 15) is 4.79 Å². The molecule has 0 unspecified atom stereocenters. The summed E-state index contributed by atoms with van der Waals surface area (Å²) in [5.74, 6) is 0.677. The van der Waals surface area contributed by atoms with Crippen LogP contribution in [-0.4, -0.2) is 51.3 Å². The van der Waals surface area contributed by atoms with Crippen LogP contribution >= 0.6 is 11.6 Å². The quantitative estimate of drug-likeness (QED) is 0.843. The summed E-state index contributed by atoms with van der Waals surface area (Å²) in [5.41, 5.74) is 1.98. The highest BCUT2D eigenvalue weighted by molar-refractivity contribution is 6.30. The number of hydrogen-bond donors (Lipinski definition) is 0. The van der Waals surface area contributed by atoms with Crippen LogP contribution in [0.25, 0.3) is 5.65 Å². The van der Waals surface area contributed by atoms with E-state index < -0.39 is 0 Å². The van der Waals surface area contributed by atoms with E-state index in [1.807, 2.05) is 28.9 Å². The van der Waals surface area contributed by atoms with Gasteiger partial charge in [-0.05, 0) is 31.4 Å². The number of fused-ring (bicyclic) bond motifs is 1. The van der Waals surface area contributed by atoms with Gasteiger partial charge in [-0.2, -0.15) is 0 Å². The van der Waals surface area contributed by atoms with Crippen LogP contribution in [0.1, 0.15) is 37.8 Å². The standard InChI is InChI=1S/C19H25ClN4O/c20-16-6-7-18-21-17(14-24(18)12-16)13-22-8-3-9-23(11-10-22)19(25)15-4-1-2-5-15/h6-7,12,14-15H,1-5,8-11,13H2. The molecule has 5 nitrogen and oxygen atoms in total. The van der Waals surface area contributed by atoms with Gasteiger partial charge in [0.15, 0.2) is 0 Å². The Morgan fingerprint density at radius 2 is 1.92 bits per heavy atom. The predicted octanol–water partition coefficient (Wildman–Crippen LogP) is 3.21. The second-order valence-corrected chi connectivity index (χ2v) is 7.72. The molecule has 2 aromatic rings. The molecule has 0 radical (unpaired) electrons. The second-order valence-electron chi connectivity index (χ2n) is 7.28. The van der Waals surface area contributed by atoms with E-state index in [-0.39, 0.29) is 5.92 Å². The van der Waals surface area contributed by atoms with Gasteiger partial charge in [-0.1, -0.05) is 24.4 Å². The monoisotopic (exact) mass is 360 g/mol. The highest BCUT2D eigenvalue weighted by atomic mass is 35.5. The van der Waals surface area contributed by atoms with Gasteiger partial charge in [-0.25, -0.2) is 4.98 Å². The molecule has 0 aromatic carbocycles. The van der Waals surface area contributed by atoms with Crippen LogP contribution in [0.5, 0.6) is 0 Å². The number of halogens is 1. The number of carbonyl (C=O) groups is 1. The molecule has 0 spiro atoms. The third kappa shape index (κ3) is 3.82. The number of aromatic nitrogens is 2. The average molecular weight is 361 g/mol. The molecule has 1 saturated carbocycles. The first kappa shape index (κ1) is 16.9. The summed E-state index contributed by atoms with van der Waals surface area (Å²) in [6.07, 6.45) is 9.58. The zero-order valence-electron chi connectivity index (χ0n) is 14.5. The topological polar surface area (TPSA) is 40.9 Å². The van der Waals surface area contributed by atoms with Crippen LogP contribution in [0.3, 0.4) is 0 Å². The van der Waals surface area contributed by atoms with Gasteiger partial charge in [0.1, 0.15) is 5.65 Å². The fourth-order valence-corrected chi connectivity index (χ4v) is 4.27. The number of carbonyl (C=O) groups excluding carboxylic acids is 1. The van der Waals surface area contributed by atoms with Gasteiger partial charge in [0.05, 0.1) is 10.7 Å². The molecule has 1 aliphatic carbocycles. The molecular weight excluding hydrogens is 336 g/mol. The molecule has 1 amide bonds. The lowest BCUT2D eigenvalue weighted by atomic mass is 10.1. The van der Waals surface area contributed by atoms with Crippen molar-refractivity contribution in [3.8, 4) is 0 Å². The maximum atomic E-state index is 12.6. The minimum Gasteiger partial charge on any atom is -0.341 e. The van der Waals surface area contributed by atoms with E-state index in [2.05, 4.69) is 14.8 Å². The predicted molar refractivity (Wildman–Crippen MR) is 98.6 cm³/mol. The molecule has 0 atom stereocenters. The summed E-state index contributed by atoms with van der Waals surface area (Å²) in [5, 5.41) is 0.715. The van der Waals surface area contributed by atoms with Crippen molar-refractivity contribution in [2.45, 2.75) is 38.6 Å². The van der Waals surface area contributed by atoms with Gasteiger partial charge < -0.3 is 9.30 Å². The van der Waals surface area contributed by atoms with Gasteiger partial charge in [0, 0.05) is 51.0 Å². The van der Waals surface area contributed by atoms with Crippen molar-refractivity contribution in [3.63, 3.8) is 0 Å². The van der Waals surface area contributed by atoms with Crippen molar-refractivity contribution in [1.29, 1.82) is 0 Å². The largest absolute Gasteiger partial charge is 0.341 e. The van der Waals surface area contributed by atoms with E-state index in [0.29, 0.717) is 10.9 Å². The Hall–Kier alpha value is -1.59. The van der Waals surface area contributed by atoms with Crippen molar-refractivity contribution in [2.75, 3.05) is 26.2 Å². The van der Waals surface area contributed by atoms with Gasteiger partial charge >= 0.3 is 0 Å². The molecule has 1 aliphatic heterocycles. The molecule has 1 saturated heterocycles. The van der Waals surface area contributed by atoms with E-state index in [1.165, 1.54) is 12.8 Å². The van der Waals surface area contributed by atoms with Gasteiger partial charge in [-0.15, -0.1) is 0 Å². The van der Waals surface area contributed by atoms with Crippen LogP contribution in [0.15, 0.2) is 24.5 Å². The summed E-state index contributed by atoms with van der Waals surface area (Å²) >= 11 is 6.04.